The van der Waals surface area contributed by atoms with Crippen LogP contribution in [0.3, 0.4) is 0 Å². The minimum Gasteiger partial charge on any atom is -0.352 e. The number of carbonyl (C=O) groups is 2. The Labute approximate surface area is 169 Å². The smallest absolute Gasteiger partial charge is 0.277 e. The average molecular weight is 417 g/mol. The number of non-ortho nitro benzene ring substituents is 2. The third-order valence-corrected chi connectivity index (χ3v) is 3.76. The van der Waals surface area contributed by atoms with Gasteiger partial charge in [-0.15, -0.1) is 0 Å². The Kier molecular flexibility index (Phi) is 6.87. The fraction of sp³-hybridized carbons (Fsp3) is 0.118. The number of amides is 2. The van der Waals surface area contributed by atoms with E-state index >= 15 is 0 Å². The van der Waals surface area contributed by atoms with Crippen molar-refractivity contribution in [2.24, 2.45) is 0 Å². The summed E-state index contributed by atoms with van der Waals surface area (Å²) in [6, 6.07) is 8.83. The monoisotopic (exact) mass is 417 g/mol. The van der Waals surface area contributed by atoms with Crippen LogP contribution < -0.4 is 16.0 Å². The molecular weight excluding hydrogens is 402 g/mol. The van der Waals surface area contributed by atoms with E-state index in [1.54, 1.807) is 31.2 Å². The summed E-state index contributed by atoms with van der Waals surface area (Å²) in [4.78, 5) is 44.2. The number of thiocarbonyl (C=S) groups is 1. The van der Waals surface area contributed by atoms with Gasteiger partial charge in [-0.1, -0.05) is 0 Å². The summed E-state index contributed by atoms with van der Waals surface area (Å²) in [6.45, 7) is 2.29. The van der Waals surface area contributed by atoms with E-state index in [1.165, 1.54) is 0 Å². The highest BCUT2D eigenvalue weighted by Crippen LogP contribution is 2.22. The lowest BCUT2D eigenvalue weighted by Gasteiger charge is -2.10. The van der Waals surface area contributed by atoms with Crippen LogP contribution in [0.2, 0.25) is 0 Å². The van der Waals surface area contributed by atoms with Gasteiger partial charge in [-0.25, -0.2) is 0 Å². The molecule has 0 aromatic heterocycles. The summed E-state index contributed by atoms with van der Waals surface area (Å²) >= 11 is 5.02. The third-order valence-electron chi connectivity index (χ3n) is 3.56. The number of carbonyl (C=O) groups excluding carboxylic acids is 2. The maximum atomic E-state index is 12.3. The lowest BCUT2D eigenvalue weighted by Crippen LogP contribution is -2.34. The Morgan fingerprint density at radius 3 is 1.97 bits per heavy atom. The van der Waals surface area contributed by atoms with E-state index in [-0.39, 0.29) is 16.6 Å². The van der Waals surface area contributed by atoms with Crippen molar-refractivity contribution in [1.29, 1.82) is 0 Å². The minimum absolute atomic E-state index is 0.130. The predicted octanol–water partition coefficient (Wildman–Crippen LogP) is 2.38. The third kappa shape index (κ3) is 5.77. The van der Waals surface area contributed by atoms with E-state index in [0.717, 1.165) is 18.2 Å². The zero-order valence-corrected chi connectivity index (χ0v) is 15.8. The number of benzene rings is 2. The SMILES string of the molecule is CCNC(=O)c1ccc(NC(=S)NC(=O)c2cc([N+](=O)[O-])cc([N+](=O)[O-])c2)cc1. The molecule has 2 aromatic carbocycles. The van der Waals surface area contributed by atoms with Gasteiger partial charge >= 0.3 is 0 Å². The Morgan fingerprint density at radius 2 is 1.48 bits per heavy atom. The van der Waals surface area contributed by atoms with Crippen molar-refractivity contribution in [3.05, 3.63) is 73.8 Å². The fourth-order valence-electron chi connectivity index (χ4n) is 2.24. The maximum Gasteiger partial charge on any atom is 0.277 e. The lowest BCUT2D eigenvalue weighted by atomic mass is 10.1. The molecular formula is C17H15N5O6S. The van der Waals surface area contributed by atoms with Gasteiger partial charge in [0.05, 0.1) is 21.5 Å². The second-order valence-corrected chi connectivity index (χ2v) is 6.01. The number of anilines is 1. The molecule has 0 unspecified atom stereocenters. The van der Waals surface area contributed by atoms with Crippen LogP contribution in [0, 0.1) is 20.2 Å². The summed E-state index contributed by atoms with van der Waals surface area (Å²) in [6.07, 6.45) is 0. The van der Waals surface area contributed by atoms with Crippen molar-refractivity contribution in [3.8, 4) is 0 Å². The largest absolute Gasteiger partial charge is 0.352 e. The first kappa shape index (κ1) is 21.4. The zero-order chi connectivity index (χ0) is 21.6. The lowest BCUT2D eigenvalue weighted by molar-refractivity contribution is -0.394. The molecule has 11 nitrogen and oxygen atoms in total. The number of nitrogens with zero attached hydrogens (tertiary/aromatic N) is 2. The molecule has 0 heterocycles. The Bertz CT molecular complexity index is 960. The van der Waals surface area contributed by atoms with E-state index in [0.29, 0.717) is 17.8 Å². The Balaban J connectivity index is 2.09. The quantitative estimate of drug-likeness (QED) is 0.367. The number of rotatable bonds is 6. The minimum atomic E-state index is -0.853. The van der Waals surface area contributed by atoms with Gasteiger partial charge in [0.15, 0.2) is 5.11 Å². The molecule has 0 fully saturated rings. The van der Waals surface area contributed by atoms with Crippen LogP contribution >= 0.6 is 12.2 Å². The van der Waals surface area contributed by atoms with Crippen LogP contribution in [0.5, 0.6) is 0 Å². The second-order valence-electron chi connectivity index (χ2n) is 5.60. The number of nitrogens with one attached hydrogen (secondary N) is 3. The van der Waals surface area contributed by atoms with Gasteiger partial charge in [-0.3, -0.25) is 35.1 Å². The normalized spacial score (nSPS) is 9.97. The van der Waals surface area contributed by atoms with Crippen LogP contribution in [-0.4, -0.2) is 33.3 Å². The highest BCUT2D eigenvalue weighted by Gasteiger charge is 2.20. The van der Waals surface area contributed by atoms with Gasteiger partial charge < -0.3 is 10.6 Å². The van der Waals surface area contributed by atoms with E-state index in [9.17, 15) is 29.8 Å². The number of nitro benzene ring substituents is 2. The van der Waals surface area contributed by atoms with Crippen LogP contribution in [0.15, 0.2) is 42.5 Å². The highest BCUT2D eigenvalue weighted by molar-refractivity contribution is 7.80. The molecule has 12 heteroatoms. The van der Waals surface area contributed by atoms with Crippen molar-refractivity contribution in [1.82, 2.24) is 10.6 Å². The Hall–Kier alpha value is -3.93. The van der Waals surface area contributed by atoms with Gasteiger partial charge in [-0.05, 0) is 43.4 Å². The predicted molar refractivity (Wildman–Crippen MR) is 108 cm³/mol. The van der Waals surface area contributed by atoms with Gasteiger partial charge in [0, 0.05) is 29.9 Å². The molecule has 0 radical (unpaired) electrons. The van der Waals surface area contributed by atoms with Gasteiger partial charge in [0.25, 0.3) is 23.2 Å². The number of nitro groups is 2. The van der Waals surface area contributed by atoms with E-state index in [1.807, 2.05) is 0 Å². The van der Waals surface area contributed by atoms with E-state index in [2.05, 4.69) is 16.0 Å². The number of hydrogen-bond acceptors (Lipinski definition) is 7. The van der Waals surface area contributed by atoms with Gasteiger partial charge in [0.2, 0.25) is 0 Å². The van der Waals surface area contributed by atoms with Crippen molar-refractivity contribution in [3.63, 3.8) is 0 Å². The topological polar surface area (TPSA) is 157 Å². The molecule has 29 heavy (non-hydrogen) atoms. The summed E-state index contributed by atoms with van der Waals surface area (Å²) in [7, 11) is 0. The van der Waals surface area contributed by atoms with Crippen molar-refractivity contribution in [2.45, 2.75) is 6.92 Å². The molecule has 0 aliphatic carbocycles. The van der Waals surface area contributed by atoms with Gasteiger partial charge in [-0.2, -0.15) is 0 Å². The fourth-order valence-corrected chi connectivity index (χ4v) is 2.45. The first-order chi connectivity index (χ1) is 13.7. The molecule has 150 valence electrons. The van der Waals surface area contributed by atoms with Gasteiger partial charge in [0.1, 0.15) is 0 Å². The van der Waals surface area contributed by atoms with Crippen molar-refractivity contribution in [2.75, 3.05) is 11.9 Å². The summed E-state index contributed by atoms with van der Waals surface area (Å²) < 4.78 is 0. The van der Waals surface area contributed by atoms with Crippen molar-refractivity contribution >= 4 is 46.2 Å². The summed E-state index contributed by atoms with van der Waals surface area (Å²) in [5, 5.41) is 29.4. The molecule has 3 N–H and O–H groups in total. The molecule has 0 saturated carbocycles. The molecule has 0 aliphatic rings. The molecule has 0 spiro atoms. The zero-order valence-electron chi connectivity index (χ0n) is 15.0. The van der Waals surface area contributed by atoms with Crippen LogP contribution in [0.1, 0.15) is 27.6 Å². The first-order valence-electron chi connectivity index (χ1n) is 8.15. The molecule has 0 bridgehead atoms. The Morgan fingerprint density at radius 1 is 0.931 bits per heavy atom. The van der Waals surface area contributed by atoms with E-state index in [4.69, 9.17) is 12.2 Å². The van der Waals surface area contributed by atoms with Crippen LogP contribution in [0.25, 0.3) is 0 Å². The van der Waals surface area contributed by atoms with E-state index < -0.39 is 27.1 Å². The molecule has 0 atom stereocenters. The molecule has 2 rings (SSSR count). The summed E-state index contributed by atoms with van der Waals surface area (Å²) in [5.41, 5.74) is -0.556. The number of hydrogen-bond donors (Lipinski definition) is 3. The summed E-state index contributed by atoms with van der Waals surface area (Å²) in [5.74, 6) is -1.09. The molecule has 2 aromatic rings. The van der Waals surface area contributed by atoms with Crippen LogP contribution in [-0.2, 0) is 0 Å². The maximum absolute atomic E-state index is 12.3. The standard InChI is InChI=1S/C17H15N5O6S/c1-2-18-15(23)10-3-5-12(6-4-10)19-17(29)20-16(24)11-7-13(21(25)26)9-14(8-11)22(27)28/h3-9H,2H2,1H3,(H,18,23)(H2,19,20,24,29). The highest BCUT2D eigenvalue weighted by atomic mass is 32.1. The molecule has 2 amide bonds. The average Bonchev–Trinajstić information content (AvgIpc) is 2.68. The van der Waals surface area contributed by atoms with Crippen molar-refractivity contribution < 1.29 is 19.4 Å². The molecule has 0 aliphatic heterocycles. The van der Waals surface area contributed by atoms with Crippen LogP contribution in [0.4, 0.5) is 17.1 Å². The molecule has 0 saturated heterocycles. The second kappa shape index (κ2) is 9.32. The first-order valence-corrected chi connectivity index (χ1v) is 8.56.